The van der Waals surface area contributed by atoms with Crippen LogP contribution in [0.4, 0.5) is 0 Å². The van der Waals surface area contributed by atoms with Crippen molar-refractivity contribution in [2.24, 2.45) is 0 Å². The second-order valence-corrected chi connectivity index (χ2v) is 5.74. The van der Waals surface area contributed by atoms with Crippen molar-refractivity contribution in [2.45, 2.75) is 18.1 Å². The molecular formula is C16H18Cl2O3. The Morgan fingerprint density at radius 2 is 1.71 bits per heavy atom. The van der Waals surface area contributed by atoms with Crippen molar-refractivity contribution < 1.29 is 14.2 Å². The lowest BCUT2D eigenvalue weighted by Gasteiger charge is -2.33. The highest BCUT2D eigenvalue weighted by Crippen LogP contribution is 2.38. The largest absolute Gasteiger partial charge is 0.495 e. The molecule has 1 atom stereocenters. The lowest BCUT2D eigenvalue weighted by Crippen LogP contribution is -2.38. The van der Waals surface area contributed by atoms with Crippen LogP contribution in [-0.4, -0.2) is 26.7 Å². The summed E-state index contributed by atoms with van der Waals surface area (Å²) in [5.41, 5.74) is 0.837. The van der Waals surface area contributed by atoms with Gasteiger partial charge in [-0.3, -0.25) is 0 Å². The van der Waals surface area contributed by atoms with E-state index in [0.29, 0.717) is 10.8 Å². The van der Waals surface area contributed by atoms with Crippen LogP contribution in [0.1, 0.15) is 12.5 Å². The van der Waals surface area contributed by atoms with Crippen LogP contribution in [0.5, 0.6) is 5.75 Å². The molecule has 114 valence electrons. The maximum Gasteiger partial charge on any atom is 0.211 e. The molecule has 0 saturated carbocycles. The third-order valence-electron chi connectivity index (χ3n) is 3.67. The highest BCUT2D eigenvalue weighted by Gasteiger charge is 2.37. The van der Waals surface area contributed by atoms with Gasteiger partial charge in [-0.05, 0) is 24.4 Å². The minimum Gasteiger partial charge on any atom is -0.495 e. The summed E-state index contributed by atoms with van der Waals surface area (Å²) in [6, 6.07) is 9.56. The smallest absolute Gasteiger partial charge is 0.211 e. The van der Waals surface area contributed by atoms with Crippen molar-refractivity contribution in [3.63, 3.8) is 0 Å². The lowest BCUT2D eigenvalue weighted by atomic mass is 9.98. The van der Waals surface area contributed by atoms with Crippen molar-refractivity contribution >= 4 is 34.0 Å². The lowest BCUT2D eigenvalue weighted by molar-refractivity contribution is -0.214. The monoisotopic (exact) mass is 328 g/mol. The van der Waals surface area contributed by atoms with Crippen LogP contribution in [0.25, 0.3) is 10.8 Å². The number of ether oxygens (including phenoxy) is 3. The number of rotatable bonds is 5. The van der Waals surface area contributed by atoms with Gasteiger partial charge in [0.15, 0.2) is 0 Å². The van der Waals surface area contributed by atoms with Crippen LogP contribution >= 0.6 is 23.2 Å². The van der Waals surface area contributed by atoms with E-state index in [1.54, 1.807) is 21.3 Å². The molecule has 3 nitrogen and oxygen atoms in total. The Bertz CT molecular complexity index is 637. The number of fused-ring (bicyclic) bond motifs is 1. The number of halogens is 2. The Hall–Kier alpha value is -1.00. The first-order valence-electron chi connectivity index (χ1n) is 6.51. The maximum absolute atomic E-state index is 6.33. The van der Waals surface area contributed by atoms with Gasteiger partial charge in [0.1, 0.15) is 5.75 Å². The normalized spacial score (nSPS) is 13.4. The first-order chi connectivity index (χ1) is 10.00. The molecule has 0 spiro atoms. The van der Waals surface area contributed by atoms with E-state index in [2.05, 4.69) is 0 Å². The second kappa shape index (κ2) is 6.41. The summed E-state index contributed by atoms with van der Waals surface area (Å²) in [6.07, 6.45) is 0. The van der Waals surface area contributed by atoms with Crippen LogP contribution in [0.2, 0.25) is 5.02 Å². The second-order valence-electron chi connectivity index (χ2n) is 4.71. The van der Waals surface area contributed by atoms with Crippen molar-refractivity contribution in [3.05, 3.63) is 40.9 Å². The predicted octanol–water partition coefficient (Wildman–Crippen LogP) is 4.57. The van der Waals surface area contributed by atoms with Crippen LogP contribution in [-0.2, 0) is 15.3 Å². The number of benzene rings is 2. The molecule has 0 bridgehead atoms. The Balaban J connectivity index is 2.63. The predicted molar refractivity (Wildman–Crippen MR) is 86.5 cm³/mol. The Kier molecular flexibility index (Phi) is 4.99. The molecule has 21 heavy (non-hydrogen) atoms. The van der Waals surface area contributed by atoms with Gasteiger partial charge < -0.3 is 14.2 Å². The molecule has 0 fully saturated rings. The molecule has 0 aliphatic heterocycles. The number of alkyl halides is 1. The first-order valence-corrected chi connectivity index (χ1v) is 7.32. The van der Waals surface area contributed by atoms with Gasteiger partial charge in [0, 0.05) is 25.2 Å². The van der Waals surface area contributed by atoms with Crippen LogP contribution in [0.3, 0.4) is 0 Å². The summed E-state index contributed by atoms with van der Waals surface area (Å²) in [6.45, 7) is 1.83. The Morgan fingerprint density at radius 1 is 1.05 bits per heavy atom. The molecule has 0 saturated heterocycles. The van der Waals surface area contributed by atoms with E-state index in [1.807, 2.05) is 37.3 Å². The van der Waals surface area contributed by atoms with Crippen molar-refractivity contribution in [1.82, 2.24) is 0 Å². The van der Waals surface area contributed by atoms with E-state index < -0.39 is 5.79 Å². The molecule has 0 unspecified atom stereocenters. The third-order valence-corrected chi connectivity index (χ3v) is 4.35. The van der Waals surface area contributed by atoms with Gasteiger partial charge in [0.25, 0.3) is 0 Å². The SMILES string of the molecule is COc1ccc2cc(C(OC)(OC)[C@H](C)Cl)ccc2c1Cl. The maximum atomic E-state index is 6.33. The quantitative estimate of drug-likeness (QED) is 0.594. The molecule has 2 aromatic carbocycles. The fraction of sp³-hybridized carbons (Fsp3) is 0.375. The van der Waals surface area contributed by atoms with E-state index in [-0.39, 0.29) is 5.38 Å². The fourth-order valence-corrected chi connectivity index (χ4v) is 3.14. The van der Waals surface area contributed by atoms with E-state index in [1.165, 1.54) is 0 Å². The van der Waals surface area contributed by atoms with Gasteiger partial charge in [-0.1, -0.05) is 29.8 Å². The molecule has 0 aromatic heterocycles. The molecule has 5 heteroatoms. The van der Waals surface area contributed by atoms with Gasteiger partial charge in [0.2, 0.25) is 5.79 Å². The van der Waals surface area contributed by atoms with Crippen LogP contribution < -0.4 is 4.74 Å². The summed E-state index contributed by atoms with van der Waals surface area (Å²) in [5.74, 6) is -0.352. The van der Waals surface area contributed by atoms with E-state index in [0.717, 1.165) is 16.3 Å². The van der Waals surface area contributed by atoms with Crippen molar-refractivity contribution in [1.29, 1.82) is 0 Å². The highest BCUT2D eigenvalue weighted by atomic mass is 35.5. The molecule has 0 heterocycles. The summed E-state index contributed by atoms with van der Waals surface area (Å²) in [5, 5.41) is 2.09. The number of hydrogen-bond acceptors (Lipinski definition) is 3. The number of methoxy groups -OCH3 is 3. The van der Waals surface area contributed by atoms with Gasteiger partial charge in [-0.15, -0.1) is 11.6 Å². The minimum absolute atomic E-state index is 0.362. The molecular weight excluding hydrogens is 311 g/mol. The van der Waals surface area contributed by atoms with Crippen molar-refractivity contribution in [2.75, 3.05) is 21.3 Å². The minimum atomic E-state index is -0.998. The number of hydrogen-bond donors (Lipinski definition) is 0. The Labute approximate surface area is 134 Å². The molecule has 0 amide bonds. The highest BCUT2D eigenvalue weighted by molar-refractivity contribution is 6.37. The summed E-state index contributed by atoms with van der Waals surface area (Å²) >= 11 is 12.6. The van der Waals surface area contributed by atoms with Gasteiger partial charge in [0.05, 0.1) is 17.5 Å². The molecule has 0 N–H and O–H groups in total. The molecule has 0 aliphatic carbocycles. The first kappa shape index (κ1) is 16.4. The average Bonchev–Trinajstić information content (AvgIpc) is 2.49. The molecule has 2 rings (SSSR count). The van der Waals surface area contributed by atoms with Gasteiger partial charge in [-0.2, -0.15) is 0 Å². The van der Waals surface area contributed by atoms with E-state index in [9.17, 15) is 0 Å². The van der Waals surface area contributed by atoms with E-state index >= 15 is 0 Å². The zero-order chi connectivity index (χ0) is 15.6. The Morgan fingerprint density at radius 3 is 2.24 bits per heavy atom. The van der Waals surface area contributed by atoms with Crippen LogP contribution in [0, 0.1) is 0 Å². The standard InChI is InChI=1S/C16H18Cl2O3/c1-10(17)16(20-3,21-4)12-6-7-13-11(9-12)5-8-14(19-2)15(13)18/h5-10H,1-4H3/t10-/m0/s1. The van der Waals surface area contributed by atoms with Gasteiger partial charge in [-0.25, -0.2) is 0 Å². The zero-order valence-corrected chi connectivity index (χ0v) is 14.0. The van der Waals surface area contributed by atoms with Crippen LogP contribution in [0.15, 0.2) is 30.3 Å². The fourth-order valence-electron chi connectivity index (χ4n) is 2.52. The molecule has 0 aliphatic rings. The zero-order valence-electron chi connectivity index (χ0n) is 12.4. The average molecular weight is 329 g/mol. The van der Waals surface area contributed by atoms with Crippen molar-refractivity contribution in [3.8, 4) is 5.75 Å². The van der Waals surface area contributed by atoms with E-state index in [4.69, 9.17) is 37.4 Å². The summed E-state index contributed by atoms with van der Waals surface area (Å²) in [4.78, 5) is 0. The molecule has 0 radical (unpaired) electrons. The third kappa shape index (κ3) is 2.71. The topological polar surface area (TPSA) is 27.7 Å². The molecule has 2 aromatic rings. The van der Waals surface area contributed by atoms with Gasteiger partial charge >= 0.3 is 0 Å². The summed E-state index contributed by atoms with van der Waals surface area (Å²) < 4.78 is 16.3. The summed E-state index contributed by atoms with van der Waals surface area (Å²) in [7, 11) is 4.75.